The summed E-state index contributed by atoms with van der Waals surface area (Å²) >= 11 is 0. The van der Waals surface area contributed by atoms with Crippen LogP contribution in [0.2, 0.25) is 0 Å². The second-order valence-electron chi connectivity index (χ2n) is 5.24. The SMILES string of the molecule is CC(OC(=O)ON1C(=O)CCC1=O)C(C)(C)C(C#N)N=[N+]=[N-]. The zero-order chi connectivity index (χ0) is 16.9. The van der Waals surface area contributed by atoms with Crippen LogP contribution >= 0.6 is 0 Å². The molecule has 0 N–H and O–H groups in total. The molecule has 0 radical (unpaired) electrons. The zero-order valence-electron chi connectivity index (χ0n) is 12.3. The summed E-state index contributed by atoms with van der Waals surface area (Å²) in [5.74, 6) is -1.25. The van der Waals surface area contributed by atoms with Crippen LogP contribution in [0.3, 0.4) is 0 Å². The van der Waals surface area contributed by atoms with E-state index in [1.165, 1.54) is 6.92 Å². The van der Waals surface area contributed by atoms with Gasteiger partial charge in [0.1, 0.15) is 12.1 Å². The topological polar surface area (TPSA) is 145 Å². The quantitative estimate of drug-likeness (QED) is 0.249. The summed E-state index contributed by atoms with van der Waals surface area (Å²) in [6.45, 7) is 4.62. The molecule has 2 unspecified atom stereocenters. The Balaban J connectivity index is 2.71. The van der Waals surface area contributed by atoms with Gasteiger partial charge in [0.05, 0.1) is 6.07 Å². The van der Waals surface area contributed by atoms with Crippen molar-refractivity contribution in [1.29, 1.82) is 5.26 Å². The molecule has 0 aromatic heterocycles. The molecule has 0 spiro atoms. The molecule has 1 saturated heterocycles. The van der Waals surface area contributed by atoms with Gasteiger partial charge in [0.15, 0.2) is 0 Å². The van der Waals surface area contributed by atoms with Gasteiger partial charge in [-0.2, -0.15) is 5.26 Å². The summed E-state index contributed by atoms with van der Waals surface area (Å²) in [5, 5.41) is 12.7. The molecule has 118 valence electrons. The predicted molar refractivity (Wildman–Crippen MR) is 70.4 cm³/mol. The highest BCUT2D eigenvalue weighted by Crippen LogP contribution is 2.30. The Morgan fingerprint density at radius 3 is 2.45 bits per heavy atom. The Hall–Kier alpha value is -2.79. The van der Waals surface area contributed by atoms with Gasteiger partial charge in [-0.15, -0.1) is 0 Å². The van der Waals surface area contributed by atoms with Crippen molar-refractivity contribution in [3.8, 4) is 6.07 Å². The van der Waals surface area contributed by atoms with Crippen LogP contribution in [-0.4, -0.2) is 35.2 Å². The molecule has 1 aliphatic rings. The lowest BCUT2D eigenvalue weighted by molar-refractivity contribution is -0.180. The van der Waals surface area contributed by atoms with Crippen molar-refractivity contribution in [3.63, 3.8) is 0 Å². The number of carbonyl (C=O) groups is 3. The van der Waals surface area contributed by atoms with Crippen molar-refractivity contribution in [2.75, 3.05) is 0 Å². The lowest BCUT2D eigenvalue weighted by atomic mass is 9.80. The van der Waals surface area contributed by atoms with E-state index >= 15 is 0 Å². The van der Waals surface area contributed by atoms with Crippen molar-refractivity contribution in [1.82, 2.24) is 5.06 Å². The van der Waals surface area contributed by atoms with E-state index < -0.39 is 35.5 Å². The van der Waals surface area contributed by atoms with E-state index in [2.05, 4.69) is 14.9 Å². The number of ether oxygens (including phenoxy) is 1. The van der Waals surface area contributed by atoms with E-state index in [0.717, 1.165) is 0 Å². The summed E-state index contributed by atoms with van der Waals surface area (Å²) in [4.78, 5) is 41.4. The molecule has 2 atom stereocenters. The van der Waals surface area contributed by atoms with Crippen molar-refractivity contribution >= 4 is 18.0 Å². The zero-order valence-corrected chi connectivity index (χ0v) is 12.3. The highest BCUT2D eigenvalue weighted by molar-refractivity contribution is 6.01. The third-order valence-electron chi connectivity index (χ3n) is 3.49. The van der Waals surface area contributed by atoms with Gasteiger partial charge in [0, 0.05) is 23.2 Å². The van der Waals surface area contributed by atoms with Crippen molar-refractivity contribution in [3.05, 3.63) is 10.4 Å². The molecule has 10 nitrogen and oxygen atoms in total. The number of hydroxylamine groups is 2. The Morgan fingerprint density at radius 1 is 1.45 bits per heavy atom. The predicted octanol–water partition coefficient (Wildman–Crippen LogP) is 1.82. The van der Waals surface area contributed by atoms with Crippen LogP contribution in [0.5, 0.6) is 0 Å². The van der Waals surface area contributed by atoms with Crippen molar-refractivity contribution < 1.29 is 24.0 Å². The number of carbonyl (C=O) groups excluding carboxylic acids is 3. The molecule has 0 aromatic carbocycles. The van der Waals surface area contributed by atoms with Gasteiger partial charge in [-0.05, 0) is 12.5 Å². The minimum atomic E-state index is -1.25. The number of nitriles is 1. The van der Waals surface area contributed by atoms with Crippen LogP contribution in [0.4, 0.5) is 4.79 Å². The van der Waals surface area contributed by atoms with Crippen LogP contribution in [0.1, 0.15) is 33.6 Å². The van der Waals surface area contributed by atoms with E-state index in [0.29, 0.717) is 5.06 Å². The van der Waals surface area contributed by atoms with E-state index in [4.69, 9.17) is 15.5 Å². The fourth-order valence-electron chi connectivity index (χ4n) is 1.67. The van der Waals surface area contributed by atoms with Gasteiger partial charge >= 0.3 is 6.16 Å². The van der Waals surface area contributed by atoms with Crippen LogP contribution < -0.4 is 0 Å². The Bertz CT molecular complexity index is 559. The smallest absolute Gasteiger partial charge is 0.429 e. The molecule has 1 aliphatic heterocycles. The summed E-state index contributed by atoms with van der Waals surface area (Å²) in [7, 11) is 0. The lowest BCUT2D eigenvalue weighted by Crippen LogP contribution is -2.41. The minimum Gasteiger partial charge on any atom is -0.429 e. The molecule has 1 fully saturated rings. The molecule has 0 saturated carbocycles. The summed E-state index contributed by atoms with van der Waals surface area (Å²) < 4.78 is 4.96. The molecule has 0 aromatic rings. The van der Waals surface area contributed by atoms with E-state index in [1.807, 2.05) is 6.07 Å². The molecule has 0 bridgehead atoms. The minimum absolute atomic E-state index is 0.0272. The molecule has 0 aliphatic carbocycles. The monoisotopic (exact) mass is 309 g/mol. The molecule has 1 heterocycles. The first-order valence-corrected chi connectivity index (χ1v) is 6.42. The molecular formula is C12H15N5O5. The van der Waals surface area contributed by atoms with Gasteiger partial charge in [-0.3, -0.25) is 14.4 Å². The van der Waals surface area contributed by atoms with Crippen LogP contribution in [0, 0.1) is 16.7 Å². The third-order valence-corrected chi connectivity index (χ3v) is 3.49. The van der Waals surface area contributed by atoms with Crippen molar-refractivity contribution in [2.45, 2.75) is 45.8 Å². The molecule has 22 heavy (non-hydrogen) atoms. The lowest BCUT2D eigenvalue weighted by Gasteiger charge is -2.32. The fraction of sp³-hybridized carbons (Fsp3) is 0.667. The van der Waals surface area contributed by atoms with Gasteiger partial charge in [0.25, 0.3) is 11.8 Å². The average molecular weight is 309 g/mol. The summed E-state index contributed by atoms with van der Waals surface area (Å²) in [5.41, 5.74) is 7.44. The first kappa shape index (κ1) is 17.3. The molecule has 2 amide bonds. The second-order valence-corrected chi connectivity index (χ2v) is 5.24. The second kappa shape index (κ2) is 6.78. The maximum Gasteiger partial charge on any atom is 0.534 e. The standard InChI is InChI=1S/C12H15N5O5/c1-7(12(2,3)8(6-13)15-16-14)21-11(20)22-17-9(18)4-5-10(17)19/h7-8H,4-5H2,1-3H3. The number of hydrogen-bond donors (Lipinski definition) is 0. The fourth-order valence-corrected chi connectivity index (χ4v) is 1.67. The summed E-state index contributed by atoms with van der Waals surface area (Å²) in [6.07, 6.45) is -2.18. The number of hydrogen-bond acceptors (Lipinski definition) is 7. The Morgan fingerprint density at radius 2 is 2.00 bits per heavy atom. The number of imide groups is 1. The maximum absolute atomic E-state index is 11.6. The summed E-state index contributed by atoms with van der Waals surface area (Å²) in [6, 6.07) is 0.740. The highest BCUT2D eigenvalue weighted by Gasteiger charge is 2.39. The highest BCUT2D eigenvalue weighted by atomic mass is 16.8. The maximum atomic E-state index is 11.6. The normalized spacial score (nSPS) is 17.3. The first-order valence-electron chi connectivity index (χ1n) is 6.42. The van der Waals surface area contributed by atoms with Crippen molar-refractivity contribution in [2.24, 2.45) is 10.5 Å². The Labute approximate surface area is 126 Å². The van der Waals surface area contributed by atoms with Gasteiger partial charge in [-0.1, -0.05) is 24.0 Å². The van der Waals surface area contributed by atoms with Crippen LogP contribution in [0.25, 0.3) is 10.4 Å². The van der Waals surface area contributed by atoms with E-state index in [9.17, 15) is 14.4 Å². The van der Waals surface area contributed by atoms with Gasteiger partial charge in [-0.25, -0.2) is 4.79 Å². The molecular weight excluding hydrogens is 294 g/mol. The van der Waals surface area contributed by atoms with Crippen LogP contribution in [0.15, 0.2) is 5.11 Å². The number of nitrogens with zero attached hydrogens (tertiary/aromatic N) is 5. The third kappa shape index (κ3) is 3.65. The largest absolute Gasteiger partial charge is 0.534 e. The van der Waals surface area contributed by atoms with E-state index in [1.54, 1.807) is 13.8 Å². The number of azide groups is 1. The number of rotatable bonds is 5. The molecule has 10 heteroatoms. The molecule has 1 rings (SSSR count). The van der Waals surface area contributed by atoms with Gasteiger partial charge < -0.3 is 4.74 Å². The first-order chi connectivity index (χ1) is 10.2. The van der Waals surface area contributed by atoms with Gasteiger partial charge in [0.2, 0.25) is 0 Å². The average Bonchev–Trinajstić information content (AvgIpc) is 2.76. The van der Waals surface area contributed by atoms with E-state index in [-0.39, 0.29) is 12.8 Å². The number of amides is 2. The Kier molecular flexibility index (Phi) is 5.32. The van der Waals surface area contributed by atoms with Crippen LogP contribution in [-0.2, 0) is 19.2 Å².